The number of rotatable bonds is 3. The summed E-state index contributed by atoms with van der Waals surface area (Å²) in [5.74, 6) is 0.334. The van der Waals surface area contributed by atoms with Crippen molar-refractivity contribution in [1.29, 1.82) is 0 Å². The molecule has 0 spiro atoms. The number of phenols is 1. The van der Waals surface area contributed by atoms with Crippen LogP contribution in [0.4, 0.5) is 0 Å². The first-order valence-corrected chi connectivity index (χ1v) is 8.78. The quantitative estimate of drug-likeness (QED) is 0.441. The zero-order valence-electron chi connectivity index (χ0n) is 14.7. The highest BCUT2D eigenvalue weighted by Gasteiger charge is 2.19. The van der Waals surface area contributed by atoms with Gasteiger partial charge < -0.3 is 5.11 Å². The highest BCUT2D eigenvalue weighted by molar-refractivity contribution is 5.94. The van der Waals surface area contributed by atoms with E-state index in [2.05, 4.69) is 25.1 Å². The summed E-state index contributed by atoms with van der Waals surface area (Å²) >= 11 is 0. The van der Waals surface area contributed by atoms with Crippen LogP contribution in [0, 0.1) is 6.92 Å². The molecule has 0 radical (unpaired) electrons. The predicted molar refractivity (Wildman–Crippen MR) is 109 cm³/mol. The number of aryl methyl sites for hydroxylation is 1. The fraction of sp³-hybridized carbons (Fsp3) is 0.0400. The van der Waals surface area contributed by atoms with Crippen LogP contribution in [-0.2, 0) is 0 Å². The molecule has 0 unspecified atom stereocenters. The second-order valence-corrected chi connectivity index (χ2v) is 6.44. The molecule has 0 bridgehead atoms. The smallest absolute Gasteiger partial charge is 0.132 e. The second kappa shape index (κ2) is 6.89. The van der Waals surface area contributed by atoms with E-state index < -0.39 is 0 Å². The molecule has 0 saturated carbocycles. The van der Waals surface area contributed by atoms with Crippen molar-refractivity contribution in [3.63, 3.8) is 0 Å². The van der Waals surface area contributed by atoms with Gasteiger partial charge in [-0.05, 0) is 40.8 Å². The van der Waals surface area contributed by atoms with Gasteiger partial charge in [0.05, 0.1) is 0 Å². The zero-order chi connectivity index (χ0) is 17.9. The van der Waals surface area contributed by atoms with E-state index in [1.165, 1.54) is 0 Å². The lowest BCUT2D eigenvalue weighted by atomic mass is 9.87. The molecule has 0 aliphatic rings. The molecule has 126 valence electrons. The van der Waals surface area contributed by atoms with Gasteiger partial charge in [-0.1, -0.05) is 91.0 Å². The third kappa shape index (κ3) is 2.89. The van der Waals surface area contributed by atoms with Crippen LogP contribution >= 0.6 is 0 Å². The van der Waals surface area contributed by atoms with Crippen molar-refractivity contribution in [3.8, 4) is 39.1 Å². The fourth-order valence-corrected chi connectivity index (χ4v) is 3.51. The molecule has 0 heterocycles. The Hall–Kier alpha value is -3.32. The molecule has 1 nitrogen and oxygen atoms in total. The largest absolute Gasteiger partial charge is 0.507 e. The molecule has 4 rings (SSSR count). The molecule has 26 heavy (non-hydrogen) atoms. The molecule has 0 aliphatic carbocycles. The normalized spacial score (nSPS) is 10.7. The van der Waals surface area contributed by atoms with Crippen molar-refractivity contribution < 1.29 is 5.11 Å². The first-order valence-electron chi connectivity index (χ1n) is 8.78. The predicted octanol–water partition coefficient (Wildman–Crippen LogP) is 6.70. The van der Waals surface area contributed by atoms with Gasteiger partial charge in [0.2, 0.25) is 0 Å². The lowest BCUT2D eigenvalue weighted by Gasteiger charge is -2.18. The molecule has 0 amide bonds. The topological polar surface area (TPSA) is 20.2 Å². The van der Waals surface area contributed by atoms with Gasteiger partial charge in [0.1, 0.15) is 5.75 Å². The Morgan fingerprint density at radius 1 is 0.538 bits per heavy atom. The molecule has 0 aliphatic heterocycles. The van der Waals surface area contributed by atoms with Crippen LogP contribution in [0.3, 0.4) is 0 Å². The molecule has 0 saturated heterocycles. The van der Waals surface area contributed by atoms with Crippen molar-refractivity contribution in [2.24, 2.45) is 0 Å². The lowest BCUT2D eigenvalue weighted by Crippen LogP contribution is -1.93. The molecule has 4 aromatic rings. The van der Waals surface area contributed by atoms with E-state index in [1.807, 2.05) is 78.9 Å². The Labute approximate surface area is 154 Å². The minimum Gasteiger partial charge on any atom is -0.507 e. The van der Waals surface area contributed by atoms with Crippen LogP contribution < -0.4 is 0 Å². The summed E-state index contributed by atoms with van der Waals surface area (Å²) in [6.45, 7) is 2.06. The molecule has 4 aromatic carbocycles. The summed E-state index contributed by atoms with van der Waals surface area (Å²) in [6.07, 6.45) is 0. The summed E-state index contributed by atoms with van der Waals surface area (Å²) in [5, 5.41) is 11.3. The Morgan fingerprint density at radius 2 is 0.962 bits per heavy atom. The van der Waals surface area contributed by atoms with Crippen molar-refractivity contribution >= 4 is 0 Å². The van der Waals surface area contributed by atoms with E-state index in [0.717, 1.165) is 38.9 Å². The summed E-state index contributed by atoms with van der Waals surface area (Å²) in [6, 6.07) is 32.6. The fourth-order valence-electron chi connectivity index (χ4n) is 3.51. The maximum atomic E-state index is 11.3. The highest BCUT2D eigenvalue weighted by Crippen LogP contribution is 2.46. The van der Waals surface area contributed by atoms with Gasteiger partial charge in [0, 0.05) is 11.1 Å². The average Bonchev–Trinajstić information content (AvgIpc) is 2.70. The van der Waals surface area contributed by atoms with E-state index in [4.69, 9.17) is 0 Å². The molecular formula is C25H20O. The average molecular weight is 336 g/mol. The minimum absolute atomic E-state index is 0.334. The van der Waals surface area contributed by atoms with Crippen molar-refractivity contribution in [2.75, 3.05) is 0 Å². The van der Waals surface area contributed by atoms with Gasteiger partial charge in [-0.2, -0.15) is 0 Å². The van der Waals surface area contributed by atoms with Gasteiger partial charge in [-0.3, -0.25) is 0 Å². The van der Waals surface area contributed by atoms with Crippen LogP contribution in [-0.4, -0.2) is 5.11 Å². The maximum absolute atomic E-state index is 11.3. The summed E-state index contributed by atoms with van der Waals surface area (Å²) < 4.78 is 0. The number of benzene rings is 4. The first-order chi connectivity index (χ1) is 12.8. The van der Waals surface area contributed by atoms with Crippen molar-refractivity contribution in [3.05, 3.63) is 103 Å². The van der Waals surface area contributed by atoms with E-state index >= 15 is 0 Å². The maximum Gasteiger partial charge on any atom is 0.132 e. The molecular weight excluding hydrogens is 316 g/mol. The van der Waals surface area contributed by atoms with Crippen molar-refractivity contribution in [1.82, 2.24) is 0 Å². The van der Waals surface area contributed by atoms with Crippen LogP contribution in [0.25, 0.3) is 33.4 Å². The highest BCUT2D eigenvalue weighted by atomic mass is 16.3. The molecule has 1 N–H and O–H groups in total. The van der Waals surface area contributed by atoms with Gasteiger partial charge in [0.15, 0.2) is 0 Å². The summed E-state index contributed by atoms with van der Waals surface area (Å²) in [7, 11) is 0. The van der Waals surface area contributed by atoms with E-state index in [0.29, 0.717) is 5.75 Å². The van der Waals surface area contributed by atoms with E-state index in [9.17, 15) is 5.11 Å². The standard InChI is InChI=1S/C25H20O/c1-18-17-22(19-11-5-2-6-12-19)24(21-15-9-4-10-16-21)25(26)23(18)20-13-7-3-8-14-20/h2-17,26H,1H3. The van der Waals surface area contributed by atoms with Gasteiger partial charge in [-0.25, -0.2) is 0 Å². The Morgan fingerprint density at radius 3 is 1.46 bits per heavy atom. The van der Waals surface area contributed by atoms with Crippen molar-refractivity contribution in [2.45, 2.75) is 6.92 Å². The van der Waals surface area contributed by atoms with Crippen LogP contribution in [0.1, 0.15) is 5.56 Å². The molecule has 0 atom stereocenters. The van der Waals surface area contributed by atoms with Gasteiger partial charge >= 0.3 is 0 Å². The summed E-state index contributed by atoms with van der Waals surface area (Å²) in [4.78, 5) is 0. The SMILES string of the molecule is Cc1cc(-c2ccccc2)c(-c2ccccc2)c(O)c1-c1ccccc1. The van der Waals surface area contributed by atoms with Gasteiger partial charge in [0.25, 0.3) is 0 Å². The molecule has 0 aromatic heterocycles. The lowest BCUT2D eigenvalue weighted by molar-refractivity contribution is 0.479. The Bertz CT molecular complexity index is 1020. The second-order valence-electron chi connectivity index (χ2n) is 6.44. The number of aromatic hydroxyl groups is 1. The number of hydrogen-bond donors (Lipinski definition) is 1. The van der Waals surface area contributed by atoms with Crippen LogP contribution in [0.15, 0.2) is 97.1 Å². The first kappa shape index (κ1) is 16.2. The monoisotopic (exact) mass is 336 g/mol. The molecule has 1 heteroatoms. The number of hydrogen-bond acceptors (Lipinski definition) is 1. The van der Waals surface area contributed by atoms with Crippen LogP contribution in [0.5, 0.6) is 5.75 Å². The minimum atomic E-state index is 0.334. The van der Waals surface area contributed by atoms with Crippen LogP contribution in [0.2, 0.25) is 0 Å². The summed E-state index contributed by atoms with van der Waals surface area (Å²) in [5.41, 5.74) is 7.02. The van der Waals surface area contributed by atoms with E-state index in [-0.39, 0.29) is 0 Å². The Balaban J connectivity index is 2.05. The Kier molecular flexibility index (Phi) is 4.28. The third-order valence-corrected chi connectivity index (χ3v) is 4.71. The number of phenolic OH excluding ortho intramolecular Hbond substituents is 1. The van der Waals surface area contributed by atoms with Gasteiger partial charge in [-0.15, -0.1) is 0 Å². The zero-order valence-corrected chi connectivity index (χ0v) is 14.7. The molecule has 0 fully saturated rings. The van der Waals surface area contributed by atoms with E-state index in [1.54, 1.807) is 0 Å². The third-order valence-electron chi connectivity index (χ3n) is 4.71.